The van der Waals surface area contributed by atoms with Gasteiger partial charge in [0.15, 0.2) is 0 Å². The Morgan fingerprint density at radius 2 is 0.711 bits per heavy atom. The summed E-state index contributed by atoms with van der Waals surface area (Å²) in [6.45, 7) is 14.9. The Kier molecular flexibility index (Phi) is 16.0. The van der Waals surface area contributed by atoms with Crippen molar-refractivity contribution in [3.8, 4) is 0 Å². The molecule has 7 rings (SSSR count). The van der Waals surface area contributed by atoms with Crippen molar-refractivity contribution >= 4 is 66.7 Å². The molecule has 0 atom stereocenters. The monoisotopic (exact) mass is 762 g/mol. The molecule has 4 amide bonds. The predicted octanol–water partition coefficient (Wildman–Crippen LogP) is 6.97. The number of β-amino-alcohol motifs (C(OH)–C–C–N with tert-alkyl or cyclic N) is 1. The van der Waals surface area contributed by atoms with E-state index in [2.05, 4.69) is 0 Å². The van der Waals surface area contributed by atoms with E-state index in [9.17, 15) is 29.4 Å². The number of nitrogens with zero attached hydrogens (tertiary/aromatic N) is 2. The molecule has 2 aliphatic heterocycles. The van der Waals surface area contributed by atoms with Gasteiger partial charge in [-0.15, -0.1) is 0 Å². The van der Waals surface area contributed by atoms with Crippen LogP contribution in [0.15, 0.2) is 48.5 Å². The molecule has 0 spiro atoms. The number of benzene rings is 5. The van der Waals surface area contributed by atoms with Crippen molar-refractivity contribution in [1.82, 2.24) is 9.80 Å². The molecular formula is C35H40N2O6Y2. The Labute approximate surface area is 314 Å². The van der Waals surface area contributed by atoms with Crippen LogP contribution in [-0.4, -0.2) is 63.5 Å². The van der Waals surface area contributed by atoms with Crippen molar-refractivity contribution in [3.63, 3.8) is 0 Å². The van der Waals surface area contributed by atoms with E-state index in [1.807, 2.05) is 79.7 Å². The van der Waals surface area contributed by atoms with Crippen LogP contribution in [0.4, 0.5) is 0 Å². The molecule has 45 heavy (non-hydrogen) atoms. The molecule has 0 bridgehead atoms. The molecule has 2 aliphatic rings. The molecule has 0 saturated carbocycles. The number of carbonyl (C=O) groups excluding carboxylic acids is 4. The van der Waals surface area contributed by atoms with E-state index < -0.39 is 30.4 Å². The van der Waals surface area contributed by atoms with E-state index in [0.717, 1.165) is 42.1 Å². The number of fused-ring (bicyclic) bond motifs is 2. The van der Waals surface area contributed by atoms with Gasteiger partial charge in [-0.05, 0) is 56.6 Å². The van der Waals surface area contributed by atoms with Crippen LogP contribution in [0.25, 0.3) is 43.1 Å². The number of hydrogen-bond donors (Lipinski definition) is 2. The molecule has 2 heterocycles. The number of hydrogen-bond acceptors (Lipinski definition) is 6. The van der Waals surface area contributed by atoms with E-state index in [1.165, 1.54) is 0 Å². The van der Waals surface area contributed by atoms with Crippen LogP contribution in [0, 0.1) is 0 Å². The van der Waals surface area contributed by atoms with Crippen LogP contribution in [-0.2, 0) is 65.4 Å². The first-order valence-electron chi connectivity index (χ1n) is 15.1. The third-order valence-corrected chi connectivity index (χ3v) is 7.27. The number of rotatable bonds is 3. The van der Waals surface area contributed by atoms with Crippen LogP contribution in [0.1, 0.15) is 96.8 Å². The zero-order valence-corrected chi connectivity index (χ0v) is 33.0. The largest absolute Gasteiger partial charge is 0.395 e. The summed E-state index contributed by atoms with van der Waals surface area (Å²) in [7, 11) is 0. The zero-order valence-electron chi connectivity index (χ0n) is 27.3. The van der Waals surface area contributed by atoms with Gasteiger partial charge in [-0.25, -0.2) is 0 Å². The Hall–Kier alpha value is -2.19. The maximum absolute atomic E-state index is 13.1. The molecule has 232 valence electrons. The van der Waals surface area contributed by atoms with Crippen LogP contribution in [0.2, 0.25) is 0 Å². The molecule has 5 aromatic carbocycles. The Morgan fingerprint density at radius 3 is 0.956 bits per heavy atom. The summed E-state index contributed by atoms with van der Waals surface area (Å²) in [5.41, 5.74) is 1.47. The van der Waals surface area contributed by atoms with Gasteiger partial charge in [0.2, 0.25) is 0 Å². The second-order valence-electron chi connectivity index (χ2n) is 8.81. The van der Waals surface area contributed by atoms with Crippen molar-refractivity contribution < 1.29 is 94.8 Å². The van der Waals surface area contributed by atoms with Gasteiger partial charge in [0.25, 0.3) is 23.6 Å². The molecule has 0 aromatic heterocycles. The molecule has 0 aliphatic carbocycles. The van der Waals surface area contributed by atoms with Gasteiger partial charge < -0.3 is 10.2 Å². The Morgan fingerprint density at radius 1 is 0.444 bits per heavy atom. The summed E-state index contributed by atoms with van der Waals surface area (Å²) < 4.78 is 0. The summed E-state index contributed by atoms with van der Waals surface area (Å²) in [4.78, 5) is 54.0. The SMILES string of the molecule is CC.CC.CC.CC.O=C1c2ccc3c4ccc5c6c(ccc(c7ccc(c2c37)C(=O)N1CO)c64)C(=O)N(CCO)C5=O.[Y].[Y]. The standard InChI is InChI=1S/C27H16N2O6.4C2H6.2Y/c30-10-9-28-24(32)16-5-1-12-14-3-7-18-23-19(27(35)29(11-31)26(18)34)8-4-15(21(14)23)13-2-6-17(25(28)33)22(16)20(12)13;4*1-2;;/h1-8,30-31H,9-11H2;4*1-2H3;;. The van der Waals surface area contributed by atoms with Crippen molar-refractivity contribution in [1.29, 1.82) is 0 Å². The fraction of sp³-hybridized carbons (Fsp3) is 0.314. The molecular weight excluding hydrogens is 722 g/mol. The summed E-state index contributed by atoms with van der Waals surface area (Å²) in [6.07, 6.45) is 0. The molecule has 5 aromatic rings. The van der Waals surface area contributed by atoms with Gasteiger partial charge in [-0.1, -0.05) is 79.7 Å². The first kappa shape index (κ1) is 40.8. The maximum atomic E-state index is 13.1. The van der Waals surface area contributed by atoms with Crippen molar-refractivity contribution in [2.75, 3.05) is 19.9 Å². The molecule has 10 heteroatoms. The third kappa shape index (κ3) is 6.27. The average molecular weight is 763 g/mol. The number of imide groups is 2. The van der Waals surface area contributed by atoms with Gasteiger partial charge in [-0.2, -0.15) is 0 Å². The molecule has 0 saturated heterocycles. The van der Waals surface area contributed by atoms with Crippen molar-refractivity contribution in [3.05, 3.63) is 70.8 Å². The number of carbonyl (C=O) groups is 4. The van der Waals surface area contributed by atoms with Crippen molar-refractivity contribution in [2.45, 2.75) is 55.4 Å². The van der Waals surface area contributed by atoms with Gasteiger partial charge in [0, 0.05) is 98.4 Å². The molecule has 2 radical (unpaired) electrons. The van der Waals surface area contributed by atoms with E-state index in [1.54, 1.807) is 24.3 Å². The normalized spacial score (nSPS) is 12.7. The fourth-order valence-electron chi connectivity index (χ4n) is 5.80. The summed E-state index contributed by atoms with van der Waals surface area (Å²) in [5, 5.41) is 24.8. The molecule has 0 fully saturated rings. The fourth-order valence-corrected chi connectivity index (χ4v) is 5.80. The Bertz CT molecular complexity index is 1730. The van der Waals surface area contributed by atoms with Gasteiger partial charge in [0.1, 0.15) is 6.73 Å². The topological polar surface area (TPSA) is 115 Å². The molecule has 8 nitrogen and oxygen atoms in total. The van der Waals surface area contributed by atoms with Gasteiger partial charge in [0.05, 0.1) is 13.2 Å². The minimum atomic E-state index is -0.703. The number of amides is 4. The van der Waals surface area contributed by atoms with Crippen LogP contribution >= 0.6 is 0 Å². The van der Waals surface area contributed by atoms with Crippen LogP contribution in [0.3, 0.4) is 0 Å². The maximum Gasteiger partial charge on any atom is 0.263 e. The summed E-state index contributed by atoms with van der Waals surface area (Å²) >= 11 is 0. The van der Waals surface area contributed by atoms with E-state index in [4.69, 9.17) is 0 Å². The summed E-state index contributed by atoms with van der Waals surface area (Å²) in [6, 6.07) is 14.0. The summed E-state index contributed by atoms with van der Waals surface area (Å²) in [5.74, 6) is -2.00. The van der Waals surface area contributed by atoms with E-state index >= 15 is 0 Å². The van der Waals surface area contributed by atoms with Gasteiger partial charge in [-0.3, -0.25) is 29.0 Å². The Balaban J connectivity index is 0.000000943. The second-order valence-corrected chi connectivity index (χ2v) is 8.81. The quantitative estimate of drug-likeness (QED) is 0.117. The van der Waals surface area contributed by atoms with Gasteiger partial charge >= 0.3 is 0 Å². The number of aliphatic hydroxyl groups is 2. The first-order chi connectivity index (χ1) is 21.0. The first-order valence-corrected chi connectivity index (χ1v) is 15.1. The van der Waals surface area contributed by atoms with Crippen LogP contribution < -0.4 is 0 Å². The third-order valence-electron chi connectivity index (χ3n) is 7.27. The van der Waals surface area contributed by atoms with E-state index in [-0.39, 0.29) is 78.6 Å². The smallest absolute Gasteiger partial charge is 0.263 e. The number of aliphatic hydroxyl groups excluding tert-OH is 2. The molecule has 2 N–H and O–H groups in total. The minimum absolute atomic E-state index is 0. The van der Waals surface area contributed by atoms with E-state index in [0.29, 0.717) is 33.0 Å². The predicted molar refractivity (Wildman–Crippen MR) is 173 cm³/mol. The molecule has 0 unspecified atom stereocenters. The zero-order chi connectivity index (χ0) is 32.2. The minimum Gasteiger partial charge on any atom is -0.395 e. The van der Waals surface area contributed by atoms with Crippen molar-refractivity contribution in [2.24, 2.45) is 0 Å². The average Bonchev–Trinajstić information content (AvgIpc) is 3.07. The second kappa shape index (κ2) is 17.6. The van der Waals surface area contributed by atoms with Crippen LogP contribution in [0.5, 0.6) is 0 Å².